The van der Waals surface area contributed by atoms with Crippen LogP contribution in [0.2, 0.25) is 5.15 Å². The first-order valence-electron chi connectivity index (χ1n) is 4.83. The molecule has 2 aromatic rings. The normalized spacial score (nSPS) is 11.6. The number of rotatable bonds is 3. The van der Waals surface area contributed by atoms with Gasteiger partial charge in [0.05, 0.1) is 12.8 Å². The van der Waals surface area contributed by atoms with Crippen molar-refractivity contribution in [2.45, 2.75) is 12.7 Å². The van der Waals surface area contributed by atoms with Crippen LogP contribution in [-0.2, 0) is 12.7 Å². The zero-order valence-electron chi connectivity index (χ0n) is 8.83. The van der Waals surface area contributed by atoms with Crippen LogP contribution in [0, 0.1) is 0 Å². The number of alkyl halides is 3. The van der Waals surface area contributed by atoms with E-state index in [1.165, 1.54) is 12.3 Å². The first kappa shape index (κ1) is 12.7. The molecule has 0 fully saturated rings. The second-order valence-electron chi connectivity index (χ2n) is 3.33. The number of hydrogen-bond donors (Lipinski definition) is 1. The molecule has 0 saturated carbocycles. The number of furan rings is 1. The molecule has 0 amide bonds. The van der Waals surface area contributed by atoms with Crippen LogP contribution in [0.3, 0.4) is 0 Å². The Bertz CT molecular complexity index is 528. The van der Waals surface area contributed by atoms with E-state index in [-0.39, 0.29) is 17.5 Å². The molecular weight excluding hydrogens is 271 g/mol. The first-order valence-corrected chi connectivity index (χ1v) is 5.21. The molecule has 96 valence electrons. The summed E-state index contributed by atoms with van der Waals surface area (Å²) in [7, 11) is 0. The summed E-state index contributed by atoms with van der Waals surface area (Å²) in [6.07, 6.45) is -3.17. The zero-order valence-corrected chi connectivity index (χ0v) is 9.59. The maximum absolute atomic E-state index is 12.4. The van der Waals surface area contributed by atoms with Crippen LogP contribution in [0.5, 0.6) is 0 Å². The Hall–Kier alpha value is -1.76. The van der Waals surface area contributed by atoms with Crippen molar-refractivity contribution < 1.29 is 17.6 Å². The molecule has 1 N–H and O–H groups in total. The standard InChI is InChI=1S/C10H7ClF3N3O/c11-7-4-8(15-5-6-2-1-3-18-6)17-9(16-7)10(12,13)14/h1-4H,5H2,(H,15,16,17). The van der Waals surface area contributed by atoms with Crippen LogP contribution in [0.1, 0.15) is 11.6 Å². The molecule has 4 nitrogen and oxygen atoms in total. The number of aromatic nitrogens is 2. The van der Waals surface area contributed by atoms with E-state index in [0.717, 1.165) is 0 Å². The lowest BCUT2D eigenvalue weighted by Crippen LogP contribution is -2.13. The van der Waals surface area contributed by atoms with E-state index in [0.29, 0.717) is 5.76 Å². The Labute approximate surface area is 105 Å². The molecule has 0 aliphatic rings. The molecule has 0 aliphatic heterocycles. The third-order valence-corrected chi connectivity index (χ3v) is 2.17. The highest BCUT2D eigenvalue weighted by molar-refractivity contribution is 6.29. The molecule has 0 bridgehead atoms. The SMILES string of the molecule is FC(F)(F)c1nc(Cl)cc(NCc2ccco2)n1. The lowest BCUT2D eigenvalue weighted by Gasteiger charge is -2.08. The second kappa shape index (κ2) is 4.85. The summed E-state index contributed by atoms with van der Waals surface area (Å²) in [5.74, 6) is -0.728. The van der Waals surface area contributed by atoms with E-state index in [9.17, 15) is 13.2 Å². The van der Waals surface area contributed by atoms with Gasteiger partial charge in [-0.3, -0.25) is 0 Å². The van der Waals surface area contributed by atoms with Crippen molar-refractivity contribution in [2.75, 3.05) is 5.32 Å². The predicted octanol–water partition coefficient (Wildman–Crippen LogP) is 3.35. The molecule has 0 radical (unpaired) electrons. The van der Waals surface area contributed by atoms with Crippen LogP contribution < -0.4 is 5.32 Å². The molecule has 0 saturated heterocycles. The van der Waals surface area contributed by atoms with Crippen molar-refractivity contribution in [2.24, 2.45) is 0 Å². The van der Waals surface area contributed by atoms with E-state index in [1.54, 1.807) is 12.1 Å². The minimum Gasteiger partial charge on any atom is -0.467 e. The topological polar surface area (TPSA) is 51.0 Å². The Kier molecular flexibility index (Phi) is 3.42. The van der Waals surface area contributed by atoms with Gasteiger partial charge in [-0.2, -0.15) is 13.2 Å². The van der Waals surface area contributed by atoms with Gasteiger partial charge in [0.2, 0.25) is 5.82 Å². The van der Waals surface area contributed by atoms with Crippen LogP contribution in [0.4, 0.5) is 19.0 Å². The van der Waals surface area contributed by atoms with Crippen molar-refractivity contribution in [1.29, 1.82) is 0 Å². The molecule has 0 spiro atoms. The summed E-state index contributed by atoms with van der Waals surface area (Å²) >= 11 is 5.50. The Morgan fingerprint density at radius 2 is 2.11 bits per heavy atom. The average Bonchev–Trinajstić information content (AvgIpc) is 2.77. The van der Waals surface area contributed by atoms with Gasteiger partial charge in [-0.05, 0) is 12.1 Å². The third kappa shape index (κ3) is 3.13. The molecule has 18 heavy (non-hydrogen) atoms. The van der Waals surface area contributed by atoms with Gasteiger partial charge in [0.15, 0.2) is 0 Å². The number of nitrogens with zero attached hydrogens (tertiary/aromatic N) is 2. The maximum atomic E-state index is 12.4. The monoisotopic (exact) mass is 277 g/mol. The quantitative estimate of drug-likeness (QED) is 0.874. The van der Waals surface area contributed by atoms with E-state index in [4.69, 9.17) is 16.0 Å². The molecule has 8 heteroatoms. The molecule has 2 rings (SSSR count). The second-order valence-corrected chi connectivity index (χ2v) is 3.72. The molecule has 2 aromatic heterocycles. The minimum atomic E-state index is -4.63. The van der Waals surface area contributed by atoms with Crippen molar-refractivity contribution in [3.05, 3.63) is 41.2 Å². The number of hydrogen-bond acceptors (Lipinski definition) is 4. The van der Waals surface area contributed by atoms with Gasteiger partial charge in [-0.25, -0.2) is 9.97 Å². The summed E-state index contributed by atoms with van der Waals surface area (Å²) in [5.41, 5.74) is 0. The fraction of sp³-hybridized carbons (Fsp3) is 0.200. The van der Waals surface area contributed by atoms with Gasteiger partial charge in [0.1, 0.15) is 16.7 Å². The number of halogens is 4. The van der Waals surface area contributed by atoms with Gasteiger partial charge in [0, 0.05) is 6.07 Å². The molecular formula is C10H7ClF3N3O. The summed E-state index contributed by atoms with van der Waals surface area (Å²) in [6.45, 7) is 0.206. The lowest BCUT2D eigenvalue weighted by atomic mass is 10.4. The van der Waals surface area contributed by atoms with Crippen LogP contribution in [-0.4, -0.2) is 9.97 Å². The Morgan fingerprint density at radius 1 is 1.33 bits per heavy atom. The van der Waals surface area contributed by atoms with Crippen molar-refractivity contribution in [1.82, 2.24) is 9.97 Å². The number of anilines is 1. The largest absolute Gasteiger partial charge is 0.467 e. The molecule has 0 aliphatic carbocycles. The third-order valence-electron chi connectivity index (χ3n) is 1.97. The van der Waals surface area contributed by atoms with E-state index >= 15 is 0 Å². The van der Waals surface area contributed by atoms with Gasteiger partial charge < -0.3 is 9.73 Å². The Balaban J connectivity index is 2.15. The van der Waals surface area contributed by atoms with Crippen LogP contribution >= 0.6 is 11.6 Å². The highest BCUT2D eigenvalue weighted by atomic mass is 35.5. The summed E-state index contributed by atoms with van der Waals surface area (Å²) < 4.78 is 42.3. The lowest BCUT2D eigenvalue weighted by molar-refractivity contribution is -0.144. The molecule has 0 aromatic carbocycles. The molecule has 2 heterocycles. The Morgan fingerprint density at radius 3 is 2.72 bits per heavy atom. The van der Waals surface area contributed by atoms with Gasteiger partial charge in [-0.1, -0.05) is 11.6 Å². The van der Waals surface area contributed by atoms with Gasteiger partial charge >= 0.3 is 6.18 Å². The van der Waals surface area contributed by atoms with Crippen molar-refractivity contribution in [3.63, 3.8) is 0 Å². The minimum absolute atomic E-state index is 0.0151. The van der Waals surface area contributed by atoms with Crippen LogP contribution in [0.15, 0.2) is 28.9 Å². The van der Waals surface area contributed by atoms with Gasteiger partial charge in [0.25, 0.3) is 0 Å². The molecule has 0 atom stereocenters. The fourth-order valence-corrected chi connectivity index (χ4v) is 1.41. The summed E-state index contributed by atoms with van der Waals surface area (Å²) in [5, 5.41) is 2.39. The summed E-state index contributed by atoms with van der Waals surface area (Å²) in [6, 6.07) is 4.56. The summed E-state index contributed by atoms with van der Waals surface area (Å²) in [4.78, 5) is 6.45. The number of nitrogens with one attached hydrogen (secondary N) is 1. The highest BCUT2D eigenvalue weighted by Crippen LogP contribution is 2.28. The van der Waals surface area contributed by atoms with Crippen LogP contribution in [0.25, 0.3) is 0 Å². The average molecular weight is 278 g/mol. The van der Waals surface area contributed by atoms with Crippen molar-refractivity contribution >= 4 is 17.4 Å². The fourth-order valence-electron chi connectivity index (χ4n) is 1.23. The van der Waals surface area contributed by atoms with E-state index < -0.39 is 12.0 Å². The van der Waals surface area contributed by atoms with Crippen molar-refractivity contribution in [3.8, 4) is 0 Å². The maximum Gasteiger partial charge on any atom is 0.451 e. The van der Waals surface area contributed by atoms with E-state index in [1.807, 2.05) is 0 Å². The van der Waals surface area contributed by atoms with E-state index in [2.05, 4.69) is 15.3 Å². The van der Waals surface area contributed by atoms with Gasteiger partial charge in [-0.15, -0.1) is 0 Å². The molecule has 0 unspecified atom stereocenters. The zero-order chi connectivity index (χ0) is 13.2. The smallest absolute Gasteiger partial charge is 0.451 e. The predicted molar refractivity (Wildman–Crippen MR) is 58.1 cm³/mol. The first-order chi connectivity index (χ1) is 8.45. The highest BCUT2D eigenvalue weighted by Gasteiger charge is 2.35.